The van der Waals surface area contributed by atoms with Gasteiger partial charge in [0, 0.05) is 31.9 Å². The number of nitrogens with two attached hydrogens (primary N) is 1. The quantitative estimate of drug-likeness (QED) is 0.801. The van der Waals surface area contributed by atoms with Crippen LogP contribution in [0, 0.1) is 0 Å². The van der Waals surface area contributed by atoms with E-state index in [4.69, 9.17) is 5.73 Å². The van der Waals surface area contributed by atoms with Crippen molar-refractivity contribution in [1.29, 1.82) is 0 Å². The zero-order valence-corrected chi connectivity index (χ0v) is 14.0. The fraction of sp³-hybridized carbons (Fsp3) is 0.190. The van der Waals surface area contributed by atoms with Crippen molar-refractivity contribution in [1.82, 2.24) is 9.47 Å². The van der Waals surface area contributed by atoms with E-state index in [9.17, 15) is 4.79 Å². The minimum absolute atomic E-state index is 0.0332. The topological polar surface area (TPSA) is 51.3 Å². The number of hydrogen-bond acceptors (Lipinski definition) is 2. The van der Waals surface area contributed by atoms with Crippen LogP contribution in [0.5, 0.6) is 0 Å². The number of aromatic nitrogens is 1. The summed E-state index contributed by atoms with van der Waals surface area (Å²) in [5.74, 6) is 0.0332. The summed E-state index contributed by atoms with van der Waals surface area (Å²) in [4.78, 5) is 14.9. The van der Waals surface area contributed by atoms with Crippen molar-refractivity contribution in [3.8, 4) is 0 Å². The molecule has 0 bridgehead atoms. The number of amides is 1. The molecule has 4 heteroatoms. The molecule has 2 aromatic carbocycles. The van der Waals surface area contributed by atoms with Crippen LogP contribution >= 0.6 is 0 Å². The molecule has 1 aliphatic heterocycles. The van der Waals surface area contributed by atoms with Crippen molar-refractivity contribution in [2.45, 2.75) is 19.1 Å². The fourth-order valence-electron chi connectivity index (χ4n) is 3.49. The number of carbonyl (C=O) groups is 1. The first-order valence-corrected chi connectivity index (χ1v) is 8.54. The number of carbonyl (C=O) groups excluding carboxylic acids is 1. The van der Waals surface area contributed by atoms with Crippen LogP contribution in [0.4, 0.5) is 0 Å². The van der Waals surface area contributed by atoms with Gasteiger partial charge in [-0.2, -0.15) is 0 Å². The van der Waals surface area contributed by atoms with E-state index in [1.54, 1.807) is 0 Å². The zero-order valence-electron chi connectivity index (χ0n) is 14.0. The molecule has 0 saturated heterocycles. The zero-order chi connectivity index (χ0) is 17.2. The third kappa shape index (κ3) is 3.08. The summed E-state index contributed by atoms with van der Waals surface area (Å²) in [6, 6.07) is 22.0. The van der Waals surface area contributed by atoms with Gasteiger partial charge < -0.3 is 15.2 Å². The molecule has 25 heavy (non-hydrogen) atoms. The Bertz CT molecular complexity index is 885. The number of benzene rings is 2. The van der Waals surface area contributed by atoms with Crippen molar-refractivity contribution in [3.05, 3.63) is 95.3 Å². The van der Waals surface area contributed by atoms with Gasteiger partial charge in [0.15, 0.2) is 0 Å². The SMILES string of the molecule is NC1CN(C(=O)c2cccn2Cc2ccccc2)Cc2ccccc21. The lowest BCUT2D eigenvalue weighted by molar-refractivity contribution is 0.0707. The molecule has 0 radical (unpaired) electrons. The Hall–Kier alpha value is -2.85. The van der Waals surface area contributed by atoms with E-state index in [-0.39, 0.29) is 11.9 Å². The number of fused-ring (bicyclic) bond motifs is 1. The van der Waals surface area contributed by atoms with Crippen molar-refractivity contribution in [2.24, 2.45) is 5.73 Å². The number of nitrogens with zero attached hydrogens (tertiary/aromatic N) is 2. The molecule has 0 spiro atoms. The second-order valence-corrected chi connectivity index (χ2v) is 6.50. The molecule has 0 fully saturated rings. The van der Waals surface area contributed by atoms with Crippen LogP contribution in [0.2, 0.25) is 0 Å². The molecular formula is C21H21N3O. The molecule has 1 aliphatic rings. The van der Waals surface area contributed by atoms with Gasteiger partial charge in [-0.25, -0.2) is 0 Å². The smallest absolute Gasteiger partial charge is 0.270 e. The molecule has 0 saturated carbocycles. The minimum atomic E-state index is -0.133. The molecule has 2 N–H and O–H groups in total. The first-order valence-electron chi connectivity index (χ1n) is 8.54. The maximum atomic E-state index is 13.1. The molecule has 1 aromatic heterocycles. The molecule has 4 nitrogen and oxygen atoms in total. The predicted molar refractivity (Wildman–Crippen MR) is 98.1 cm³/mol. The molecule has 0 aliphatic carbocycles. The average molecular weight is 331 g/mol. The van der Waals surface area contributed by atoms with Gasteiger partial charge in [0.05, 0.1) is 0 Å². The van der Waals surface area contributed by atoms with E-state index in [1.807, 2.05) is 58.1 Å². The molecule has 126 valence electrons. The van der Waals surface area contributed by atoms with Crippen LogP contribution in [0.25, 0.3) is 0 Å². The highest BCUT2D eigenvalue weighted by molar-refractivity contribution is 5.93. The van der Waals surface area contributed by atoms with Crippen LogP contribution in [0.1, 0.15) is 33.2 Å². The first-order chi connectivity index (χ1) is 12.2. The monoisotopic (exact) mass is 331 g/mol. The maximum Gasteiger partial charge on any atom is 0.270 e. The molecule has 1 atom stereocenters. The highest BCUT2D eigenvalue weighted by atomic mass is 16.2. The van der Waals surface area contributed by atoms with Gasteiger partial charge in [-0.15, -0.1) is 0 Å². The fourth-order valence-corrected chi connectivity index (χ4v) is 3.49. The van der Waals surface area contributed by atoms with Crippen molar-refractivity contribution < 1.29 is 4.79 Å². The summed E-state index contributed by atoms with van der Waals surface area (Å²) in [6.45, 7) is 1.84. The summed E-state index contributed by atoms with van der Waals surface area (Å²) >= 11 is 0. The van der Waals surface area contributed by atoms with E-state index in [0.717, 1.165) is 11.1 Å². The summed E-state index contributed by atoms with van der Waals surface area (Å²) in [7, 11) is 0. The predicted octanol–water partition coefficient (Wildman–Crippen LogP) is 3.19. The van der Waals surface area contributed by atoms with Crippen LogP contribution in [0.3, 0.4) is 0 Å². The molecule has 3 aromatic rings. The third-order valence-electron chi connectivity index (χ3n) is 4.76. The Morgan fingerprint density at radius 2 is 1.76 bits per heavy atom. The lowest BCUT2D eigenvalue weighted by atomic mass is 9.96. The van der Waals surface area contributed by atoms with Crippen LogP contribution in [-0.4, -0.2) is 21.9 Å². The molecule has 4 rings (SSSR count). The van der Waals surface area contributed by atoms with Crippen LogP contribution in [0.15, 0.2) is 72.9 Å². The summed E-state index contributed by atoms with van der Waals surface area (Å²) in [6.07, 6.45) is 1.96. The molecule has 2 heterocycles. The second kappa shape index (κ2) is 6.57. The Balaban J connectivity index is 1.58. The van der Waals surface area contributed by atoms with E-state index in [0.29, 0.717) is 25.3 Å². The van der Waals surface area contributed by atoms with Gasteiger partial charge in [-0.05, 0) is 28.8 Å². The van der Waals surface area contributed by atoms with E-state index in [2.05, 4.69) is 24.3 Å². The lowest BCUT2D eigenvalue weighted by Gasteiger charge is -2.33. The average Bonchev–Trinajstić information content (AvgIpc) is 3.10. The van der Waals surface area contributed by atoms with Crippen LogP contribution in [-0.2, 0) is 13.1 Å². The van der Waals surface area contributed by atoms with Gasteiger partial charge in [-0.1, -0.05) is 54.6 Å². The Labute approximate surface area is 147 Å². The van der Waals surface area contributed by atoms with E-state index < -0.39 is 0 Å². The van der Waals surface area contributed by atoms with E-state index >= 15 is 0 Å². The molecule has 1 unspecified atom stereocenters. The molecule has 1 amide bonds. The van der Waals surface area contributed by atoms with Gasteiger partial charge in [0.2, 0.25) is 0 Å². The maximum absolute atomic E-state index is 13.1. The largest absolute Gasteiger partial charge is 0.339 e. The number of hydrogen-bond donors (Lipinski definition) is 1. The van der Waals surface area contributed by atoms with Crippen LogP contribution < -0.4 is 5.73 Å². The highest BCUT2D eigenvalue weighted by Crippen LogP contribution is 2.26. The summed E-state index contributed by atoms with van der Waals surface area (Å²) in [5, 5.41) is 0. The summed E-state index contributed by atoms with van der Waals surface area (Å²) in [5.41, 5.74) is 10.4. The Morgan fingerprint density at radius 1 is 1.00 bits per heavy atom. The third-order valence-corrected chi connectivity index (χ3v) is 4.76. The Kier molecular flexibility index (Phi) is 4.12. The Morgan fingerprint density at radius 3 is 2.60 bits per heavy atom. The van der Waals surface area contributed by atoms with Crippen molar-refractivity contribution >= 4 is 5.91 Å². The highest BCUT2D eigenvalue weighted by Gasteiger charge is 2.27. The van der Waals surface area contributed by atoms with Gasteiger partial charge in [0.25, 0.3) is 5.91 Å². The van der Waals surface area contributed by atoms with Gasteiger partial charge in [0.1, 0.15) is 5.69 Å². The summed E-state index contributed by atoms with van der Waals surface area (Å²) < 4.78 is 2.00. The first kappa shape index (κ1) is 15.7. The second-order valence-electron chi connectivity index (χ2n) is 6.50. The van der Waals surface area contributed by atoms with E-state index in [1.165, 1.54) is 5.56 Å². The molecular weight excluding hydrogens is 310 g/mol. The van der Waals surface area contributed by atoms with Crippen molar-refractivity contribution in [2.75, 3.05) is 6.54 Å². The van der Waals surface area contributed by atoms with Crippen molar-refractivity contribution in [3.63, 3.8) is 0 Å². The van der Waals surface area contributed by atoms with Gasteiger partial charge in [-0.3, -0.25) is 4.79 Å². The van der Waals surface area contributed by atoms with Gasteiger partial charge >= 0.3 is 0 Å². The standard InChI is InChI=1S/C21H21N3O/c22-19-15-24(14-17-9-4-5-10-18(17)19)21(25)20-11-6-12-23(20)13-16-7-2-1-3-8-16/h1-12,19H,13-15,22H2. The number of rotatable bonds is 3. The normalized spacial score (nSPS) is 16.5. The lowest BCUT2D eigenvalue weighted by Crippen LogP contribution is -2.41. The minimum Gasteiger partial charge on any atom is -0.339 e.